The van der Waals surface area contributed by atoms with Crippen molar-refractivity contribution in [3.05, 3.63) is 94.0 Å². The number of carbonyl (C=O) groups is 1. The Morgan fingerprint density at radius 3 is 2.59 bits per heavy atom. The third kappa shape index (κ3) is 5.25. The van der Waals surface area contributed by atoms with E-state index < -0.39 is 5.97 Å². The number of hydrogen-bond donors (Lipinski definition) is 1. The lowest BCUT2D eigenvalue weighted by atomic mass is 9.96. The summed E-state index contributed by atoms with van der Waals surface area (Å²) in [5.74, 6) is 6.21. The lowest BCUT2D eigenvalue weighted by molar-refractivity contribution is -0.137. The summed E-state index contributed by atoms with van der Waals surface area (Å²) in [7, 11) is 0. The number of halogens is 1. The molecule has 3 aromatic rings. The molecule has 32 heavy (non-hydrogen) atoms. The second-order valence-electron chi connectivity index (χ2n) is 7.71. The molecule has 5 heteroatoms. The maximum atomic E-state index is 11.1. The molecule has 0 aliphatic carbocycles. The van der Waals surface area contributed by atoms with Crippen LogP contribution in [0.25, 0.3) is 0 Å². The highest BCUT2D eigenvalue weighted by Crippen LogP contribution is 2.37. The van der Waals surface area contributed by atoms with E-state index in [0.717, 1.165) is 40.2 Å². The summed E-state index contributed by atoms with van der Waals surface area (Å²) in [6.45, 7) is 2.15. The van der Waals surface area contributed by atoms with Gasteiger partial charge < -0.3 is 14.6 Å². The Kier molecular flexibility index (Phi) is 6.68. The highest BCUT2D eigenvalue weighted by atomic mass is 35.5. The van der Waals surface area contributed by atoms with E-state index in [1.54, 1.807) is 6.92 Å². The van der Waals surface area contributed by atoms with Gasteiger partial charge in [-0.3, -0.25) is 4.79 Å². The van der Waals surface area contributed by atoms with Crippen molar-refractivity contribution < 1.29 is 19.4 Å². The minimum Gasteiger partial charge on any atom is -0.489 e. The molecule has 0 saturated heterocycles. The van der Waals surface area contributed by atoms with Crippen molar-refractivity contribution in [3.63, 3.8) is 0 Å². The van der Waals surface area contributed by atoms with Gasteiger partial charge in [-0.2, -0.15) is 0 Å². The normalized spacial score (nSPS) is 15.1. The molecular formula is C27H23ClO4. The lowest BCUT2D eigenvalue weighted by Gasteiger charge is -2.11. The number of benzene rings is 3. The highest BCUT2D eigenvalue weighted by molar-refractivity contribution is 6.30. The van der Waals surface area contributed by atoms with Gasteiger partial charge in [-0.1, -0.05) is 47.9 Å². The predicted molar refractivity (Wildman–Crippen MR) is 124 cm³/mol. The van der Waals surface area contributed by atoms with Crippen LogP contribution in [0.4, 0.5) is 0 Å². The van der Waals surface area contributed by atoms with E-state index in [2.05, 4.69) is 17.9 Å². The van der Waals surface area contributed by atoms with Crippen molar-refractivity contribution in [2.45, 2.75) is 38.4 Å². The quantitative estimate of drug-likeness (QED) is 0.440. The second-order valence-corrected chi connectivity index (χ2v) is 8.14. The van der Waals surface area contributed by atoms with E-state index in [4.69, 9.17) is 26.2 Å². The van der Waals surface area contributed by atoms with Gasteiger partial charge in [0.1, 0.15) is 24.2 Å². The molecule has 0 radical (unpaired) electrons. The summed E-state index contributed by atoms with van der Waals surface area (Å²) in [5.41, 5.74) is 4.21. The molecule has 1 N–H and O–H groups in total. The van der Waals surface area contributed by atoms with Crippen LogP contribution in [0, 0.1) is 11.8 Å². The Morgan fingerprint density at radius 1 is 1.16 bits per heavy atom. The van der Waals surface area contributed by atoms with Crippen molar-refractivity contribution in [1.82, 2.24) is 0 Å². The zero-order valence-corrected chi connectivity index (χ0v) is 18.4. The number of fused-ring (bicyclic) bond motifs is 1. The minimum atomic E-state index is -0.864. The highest BCUT2D eigenvalue weighted by Gasteiger charge is 2.24. The van der Waals surface area contributed by atoms with E-state index in [1.807, 2.05) is 60.7 Å². The van der Waals surface area contributed by atoms with Gasteiger partial charge in [0.05, 0.1) is 12.3 Å². The maximum absolute atomic E-state index is 11.1. The predicted octanol–water partition coefficient (Wildman–Crippen LogP) is 6.18. The van der Waals surface area contributed by atoms with Crippen molar-refractivity contribution in [2.75, 3.05) is 0 Å². The first-order valence-corrected chi connectivity index (χ1v) is 10.8. The molecule has 1 unspecified atom stereocenters. The van der Waals surface area contributed by atoms with Gasteiger partial charge in [-0.25, -0.2) is 0 Å². The third-order valence-electron chi connectivity index (χ3n) is 5.43. The van der Waals surface area contributed by atoms with Crippen LogP contribution in [0.15, 0.2) is 66.7 Å². The smallest absolute Gasteiger partial charge is 0.304 e. The average Bonchev–Trinajstić information content (AvgIpc) is 3.21. The largest absolute Gasteiger partial charge is 0.489 e. The number of carboxylic acid groups (broad SMARTS) is 1. The van der Waals surface area contributed by atoms with Gasteiger partial charge in [-0.15, -0.1) is 5.92 Å². The molecule has 3 aromatic carbocycles. The van der Waals surface area contributed by atoms with Crippen molar-refractivity contribution in [2.24, 2.45) is 0 Å². The van der Waals surface area contributed by atoms with Crippen LogP contribution in [-0.4, -0.2) is 11.1 Å². The summed E-state index contributed by atoms with van der Waals surface area (Å²) >= 11 is 5.99. The third-order valence-corrected chi connectivity index (χ3v) is 5.68. The Hall–Kier alpha value is -3.42. The van der Waals surface area contributed by atoms with Crippen molar-refractivity contribution >= 4 is 17.6 Å². The van der Waals surface area contributed by atoms with Crippen LogP contribution in [-0.2, 0) is 17.8 Å². The SMILES string of the molecule is CC#CC(CC(=O)O)c1ccc(OCc2ccc3c(c2)C[C@H](c2ccc(Cl)cc2)O3)cc1. The molecule has 0 saturated carbocycles. The van der Waals surface area contributed by atoms with Crippen LogP contribution < -0.4 is 9.47 Å². The van der Waals surface area contributed by atoms with Crippen LogP contribution in [0.2, 0.25) is 5.02 Å². The van der Waals surface area contributed by atoms with Crippen LogP contribution in [0.1, 0.15) is 47.6 Å². The molecular weight excluding hydrogens is 424 g/mol. The zero-order chi connectivity index (χ0) is 22.5. The van der Waals surface area contributed by atoms with Gasteiger partial charge in [0.15, 0.2) is 0 Å². The second kappa shape index (κ2) is 9.80. The Morgan fingerprint density at radius 2 is 1.91 bits per heavy atom. The molecule has 0 fully saturated rings. The summed E-state index contributed by atoms with van der Waals surface area (Å²) in [5, 5.41) is 9.80. The van der Waals surface area contributed by atoms with Gasteiger partial charge >= 0.3 is 5.97 Å². The van der Waals surface area contributed by atoms with Crippen molar-refractivity contribution in [3.8, 4) is 23.3 Å². The summed E-state index contributed by atoms with van der Waals surface area (Å²) in [6.07, 6.45) is 0.786. The van der Waals surface area contributed by atoms with Gasteiger partial charge in [0.2, 0.25) is 0 Å². The molecule has 0 aromatic heterocycles. The average molecular weight is 447 g/mol. The number of aliphatic carboxylic acids is 1. The molecule has 1 aliphatic heterocycles. The number of hydrogen-bond acceptors (Lipinski definition) is 3. The first-order chi connectivity index (χ1) is 15.5. The van der Waals surface area contributed by atoms with Crippen LogP contribution in [0.5, 0.6) is 11.5 Å². The molecule has 0 amide bonds. The van der Waals surface area contributed by atoms with Gasteiger partial charge in [0.25, 0.3) is 0 Å². The fourth-order valence-corrected chi connectivity index (χ4v) is 3.95. The number of carboxylic acids is 1. The standard InChI is InChI=1S/C27H23ClO4/c1-2-3-21(16-27(29)30)19-7-11-24(12-8-19)31-17-18-4-13-25-22(14-18)15-26(32-25)20-5-9-23(28)10-6-20/h4-14,21,26H,15-17H2,1H3,(H,29,30)/t21?,26-/m1/s1. The Bertz CT molecular complexity index is 1160. The fourth-order valence-electron chi connectivity index (χ4n) is 3.82. The number of rotatable bonds is 7. The lowest BCUT2D eigenvalue weighted by Crippen LogP contribution is -2.04. The van der Waals surface area contributed by atoms with E-state index >= 15 is 0 Å². The maximum Gasteiger partial charge on any atom is 0.304 e. The Balaban J connectivity index is 1.38. The molecule has 1 heterocycles. The van der Waals surface area contributed by atoms with Crippen molar-refractivity contribution in [1.29, 1.82) is 0 Å². The molecule has 0 spiro atoms. The molecule has 0 bridgehead atoms. The first-order valence-electron chi connectivity index (χ1n) is 10.4. The minimum absolute atomic E-state index is 0.00375. The zero-order valence-electron chi connectivity index (χ0n) is 17.7. The molecule has 162 valence electrons. The monoisotopic (exact) mass is 446 g/mol. The summed E-state index contributed by atoms with van der Waals surface area (Å²) in [4.78, 5) is 11.1. The fraction of sp³-hybridized carbons (Fsp3) is 0.222. The Labute approximate surface area is 192 Å². The summed E-state index contributed by atoms with van der Waals surface area (Å²) in [6, 6.07) is 21.4. The van der Waals surface area contributed by atoms with Gasteiger partial charge in [-0.05, 0) is 65.6 Å². The van der Waals surface area contributed by atoms with Crippen LogP contribution >= 0.6 is 11.6 Å². The van der Waals surface area contributed by atoms with E-state index in [0.29, 0.717) is 11.6 Å². The number of ether oxygens (including phenoxy) is 2. The van der Waals surface area contributed by atoms with E-state index in [9.17, 15) is 4.79 Å². The molecule has 2 atom stereocenters. The molecule has 4 nitrogen and oxygen atoms in total. The van der Waals surface area contributed by atoms with E-state index in [-0.39, 0.29) is 18.4 Å². The summed E-state index contributed by atoms with van der Waals surface area (Å²) < 4.78 is 12.0. The van der Waals surface area contributed by atoms with Gasteiger partial charge in [0, 0.05) is 11.4 Å². The molecule has 4 rings (SSSR count). The van der Waals surface area contributed by atoms with E-state index in [1.165, 1.54) is 0 Å². The topological polar surface area (TPSA) is 55.8 Å². The molecule has 1 aliphatic rings. The van der Waals surface area contributed by atoms with Crippen LogP contribution in [0.3, 0.4) is 0 Å². The first kappa shape index (κ1) is 21.8.